The highest BCUT2D eigenvalue weighted by molar-refractivity contribution is 6.19. The summed E-state index contributed by atoms with van der Waals surface area (Å²) in [6.07, 6.45) is 3.70. The van der Waals surface area contributed by atoms with Gasteiger partial charge in [0.05, 0.1) is 48.7 Å². The molecule has 39 heavy (non-hydrogen) atoms. The molecule has 3 N–H and O–H groups in total. The highest BCUT2D eigenvalue weighted by Gasteiger charge is 2.37. The van der Waals surface area contributed by atoms with E-state index < -0.39 is 36.3 Å². The maximum atomic E-state index is 15.1. The molecule has 5 rings (SSSR count). The number of benzene rings is 2. The number of carbonyl (C=O) groups excluding carboxylic acids is 1. The van der Waals surface area contributed by atoms with Crippen LogP contribution in [0.5, 0.6) is 17.2 Å². The number of aromatic nitrogens is 2. The topological polar surface area (TPSA) is 106 Å². The van der Waals surface area contributed by atoms with E-state index in [-0.39, 0.29) is 35.3 Å². The minimum Gasteiger partial charge on any atom is -0.493 e. The van der Waals surface area contributed by atoms with E-state index in [0.717, 1.165) is 6.07 Å². The Bertz CT molecular complexity index is 1500. The number of ketones is 1. The van der Waals surface area contributed by atoms with Crippen LogP contribution < -0.4 is 14.8 Å². The zero-order valence-electron chi connectivity index (χ0n) is 21.0. The Kier molecular flexibility index (Phi) is 7.45. The number of ether oxygens (including phenoxy) is 3. The molecule has 1 unspecified atom stereocenters. The van der Waals surface area contributed by atoms with Gasteiger partial charge in [0.2, 0.25) is 0 Å². The molecule has 11 heteroatoms. The molecule has 2 aromatic heterocycles. The lowest BCUT2D eigenvalue weighted by atomic mass is 9.93. The van der Waals surface area contributed by atoms with Crippen molar-refractivity contribution >= 4 is 22.5 Å². The van der Waals surface area contributed by atoms with Crippen LogP contribution in [-0.2, 0) is 4.74 Å². The first kappa shape index (κ1) is 26.5. The Balaban J connectivity index is 1.45. The van der Waals surface area contributed by atoms with E-state index in [0.29, 0.717) is 35.3 Å². The van der Waals surface area contributed by atoms with E-state index in [9.17, 15) is 18.7 Å². The number of fused-ring (bicyclic) bond motifs is 1. The number of halogens is 3. The second kappa shape index (κ2) is 11.0. The van der Waals surface area contributed by atoms with Gasteiger partial charge in [0, 0.05) is 18.3 Å². The molecule has 0 bridgehead atoms. The van der Waals surface area contributed by atoms with Gasteiger partial charge in [0.1, 0.15) is 29.5 Å². The monoisotopic (exact) mass is 541 g/mol. The minimum absolute atomic E-state index is 0.0308. The number of pyridine rings is 1. The van der Waals surface area contributed by atoms with Gasteiger partial charge in [0.25, 0.3) is 0 Å². The number of rotatable bonds is 9. The number of anilines is 1. The number of hydrogen-bond donors (Lipinski definition) is 3. The quantitative estimate of drug-likeness (QED) is 0.251. The van der Waals surface area contributed by atoms with Crippen LogP contribution in [0.2, 0.25) is 0 Å². The number of para-hydroxylation sites is 1. The highest BCUT2D eigenvalue weighted by Crippen LogP contribution is 2.37. The third kappa shape index (κ3) is 5.15. The van der Waals surface area contributed by atoms with Gasteiger partial charge < -0.3 is 29.6 Å². The van der Waals surface area contributed by atoms with Crippen molar-refractivity contribution in [1.29, 1.82) is 0 Å². The van der Waals surface area contributed by atoms with Gasteiger partial charge in [-0.15, -0.1) is 0 Å². The summed E-state index contributed by atoms with van der Waals surface area (Å²) in [5.74, 6) is -1.77. The maximum Gasteiger partial charge on any atom is 0.198 e. The molecule has 2 atom stereocenters. The van der Waals surface area contributed by atoms with Crippen molar-refractivity contribution in [3.8, 4) is 17.2 Å². The summed E-state index contributed by atoms with van der Waals surface area (Å²) in [4.78, 5) is 20.8. The zero-order chi connectivity index (χ0) is 27.6. The lowest BCUT2D eigenvalue weighted by Crippen LogP contribution is -2.48. The SMILES string of the molecule is COc1cnc2[nH]cc(C(=O)c3ccc(Oc4ccccc4F)cc3F)c2c1N[C@@H]1CCC(CO)(CF)OC1. The largest absolute Gasteiger partial charge is 0.493 e. The minimum atomic E-state index is -1.22. The maximum absolute atomic E-state index is 15.1. The summed E-state index contributed by atoms with van der Waals surface area (Å²) in [7, 11) is 1.45. The number of aromatic amines is 1. The molecule has 8 nitrogen and oxygen atoms in total. The van der Waals surface area contributed by atoms with E-state index in [2.05, 4.69) is 15.3 Å². The molecule has 1 saturated heterocycles. The number of aliphatic hydroxyl groups is 1. The van der Waals surface area contributed by atoms with E-state index in [1.165, 1.54) is 49.8 Å². The molecule has 0 amide bonds. The van der Waals surface area contributed by atoms with E-state index in [1.807, 2.05) is 0 Å². The van der Waals surface area contributed by atoms with Crippen molar-refractivity contribution in [2.75, 3.05) is 32.3 Å². The normalized spacial score (nSPS) is 19.2. The van der Waals surface area contributed by atoms with Crippen LogP contribution in [0, 0.1) is 11.6 Å². The predicted molar refractivity (Wildman–Crippen MR) is 137 cm³/mol. The second-order valence-electron chi connectivity index (χ2n) is 9.30. The molecule has 1 aliphatic rings. The molecule has 0 spiro atoms. The number of methoxy groups -OCH3 is 1. The molecule has 1 aliphatic heterocycles. The number of nitrogens with zero attached hydrogens (tertiary/aromatic N) is 1. The summed E-state index contributed by atoms with van der Waals surface area (Å²) in [6.45, 7) is -1.11. The van der Waals surface area contributed by atoms with Crippen LogP contribution in [0.4, 0.5) is 18.9 Å². The Labute approximate surface area is 221 Å². The molecule has 0 saturated carbocycles. The van der Waals surface area contributed by atoms with Crippen LogP contribution >= 0.6 is 0 Å². The van der Waals surface area contributed by atoms with Crippen LogP contribution in [0.15, 0.2) is 54.9 Å². The number of aliphatic hydroxyl groups excluding tert-OH is 1. The molecular formula is C28H26F3N3O5. The number of hydrogen-bond acceptors (Lipinski definition) is 7. The van der Waals surface area contributed by atoms with Gasteiger partial charge in [-0.2, -0.15) is 0 Å². The van der Waals surface area contributed by atoms with Crippen LogP contribution in [0.3, 0.4) is 0 Å². The highest BCUT2D eigenvalue weighted by atomic mass is 19.1. The first-order valence-corrected chi connectivity index (χ1v) is 12.3. The zero-order valence-corrected chi connectivity index (χ0v) is 21.0. The standard InChI is InChI=1S/C28H26F3N3O5/c1-37-23-12-33-27-24(25(23)34-16-8-9-28(14-29,15-35)38-13-16)19(11-32-27)26(36)18-7-6-17(10-21(18)31)39-22-5-3-2-4-20(22)30/h2-7,10-12,16,35H,8-9,13-15H2,1H3,(H2,32,33,34)/t16-,28?/m1/s1. The fourth-order valence-corrected chi connectivity index (χ4v) is 4.56. The summed E-state index contributed by atoms with van der Waals surface area (Å²) >= 11 is 0. The van der Waals surface area contributed by atoms with Crippen molar-refractivity contribution in [2.45, 2.75) is 24.5 Å². The van der Waals surface area contributed by atoms with Crippen LogP contribution in [0.25, 0.3) is 11.0 Å². The van der Waals surface area contributed by atoms with E-state index >= 15 is 4.39 Å². The molecule has 3 heterocycles. The smallest absolute Gasteiger partial charge is 0.198 e. The van der Waals surface area contributed by atoms with Crippen LogP contribution in [-0.4, -0.2) is 59.5 Å². The Morgan fingerprint density at radius 3 is 2.69 bits per heavy atom. The van der Waals surface area contributed by atoms with Crippen molar-refractivity contribution in [2.24, 2.45) is 0 Å². The molecule has 0 aliphatic carbocycles. The molecule has 0 radical (unpaired) electrons. The lowest BCUT2D eigenvalue weighted by molar-refractivity contribution is -0.121. The summed E-state index contributed by atoms with van der Waals surface area (Å²) in [6, 6.07) is 9.11. The first-order chi connectivity index (χ1) is 18.9. The van der Waals surface area contributed by atoms with Crippen molar-refractivity contribution < 1.29 is 37.3 Å². The first-order valence-electron chi connectivity index (χ1n) is 12.3. The Morgan fingerprint density at radius 2 is 2.03 bits per heavy atom. The van der Waals surface area contributed by atoms with Crippen LogP contribution in [0.1, 0.15) is 28.8 Å². The van der Waals surface area contributed by atoms with Gasteiger partial charge in [-0.05, 0) is 37.1 Å². The van der Waals surface area contributed by atoms with Gasteiger partial charge in [-0.3, -0.25) is 4.79 Å². The van der Waals surface area contributed by atoms with Gasteiger partial charge in [-0.25, -0.2) is 18.2 Å². The molecule has 204 valence electrons. The molecule has 2 aromatic carbocycles. The lowest BCUT2D eigenvalue weighted by Gasteiger charge is -2.37. The average molecular weight is 542 g/mol. The molecular weight excluding hydrogens is 515 g/mol. The summed E-state index contributed by atoms with van der Waals surface area (Å²) < 4.78 is 59.0. The second-order valence-corrected chi connectivity index (χ2v) is 9.30. The third-order valence-electron chi connectivity index (χ3n) is 6.80. The van der Waals surface area contributed by atoms with Crippen molar-refractivity contribution in [3.05, 3.63) is 77.6 Å². The fourth-order valence-electron chi connectivity index (χ4n) is 4.56. The molecule has 1 fully saturated rings. The van der Waals surface area contributed by atoms with Gasteiger partial charge in [0.15, 0.2) is 23.1 Å². The van der Waals surface area contributed by atoms with Gasteiger partial charge >= 0.3 is 0 Å². The van der Waals surface area contributed by atoms with E-state index in [1.54, 1.807) is 6.07 Å². The third-order valence-corrected chi connectivity index (χ3v) is 6.80. The van der Waals surface area contributed by atoms with E-state index in [4.69, 9.17) is 14.2 Å². The Morgan fingerprint density at radius 1 is 1.21 bits per heavy atom. The van der Waals surface area contributed by atoms with Crippen molar-refractivity contribution in [3.63, 3.8) is 0 Å². The molecule has 4 aromatic rings. The average Bonchev–Trinajstić information content (AvgIpc) is 3.39. The van der Waals surface area contributed by atoms with Gasteiger partial charge in [-0.1, -0.05) is 12.1 Å². The Hall–Kier alpha value is -4.09. The number of alkyl halides is 1. The fraction of sp³-hybridized carbons (Fsp3) is 0.286. The summed E-state index contributed by atoms with van der Waals surface area (Å²) in [5, 5.41) is 13.2. The number of H-pyrrole nitrogens is 1. The number of nitrogens with one attached hydrogen (secondary N) is 2. The summed E-state index contributed by atoms with van der Waals surface area (Å²) in [5.41, 5.74) is -0.484. The number of carbonyl (C=O) groups is 1. The predicted octanol–water partition coefficient (Wildman–Crippen LogP) is 5.16. The van der Waals surface area contributed by atoms with Crippen molar-refractivity contribution in [1.82, 2.24) is 9.97 Å².